The molecular weight excluding hydrogens is 374 g/mol. The Bertz CT molecular complexity index is 830. The van der Waals surface area contributed by atoms with E-state index in [9.17, 15) is 9.59 Å². The van der Waals surface area contributed by atoms with E-state index in [1.807, 2.05) is 19.9 Å². The number of piperidine rings is 1. The van der Waals surface area contributed by atoms with Gasteiger partial charge >= 0.3 is 0 Å². The van der Waals surface area contributed by atoms with Gasteiger partial charge in [0.05, 0.1) is 17.2 Å². The van der Waals surface area contributed by atoms with Crippen LogP contribution in [0.5, 0.6) is 0 Å². The number of likely N-dealkylation sites (N-methyl/N-ethyl adjacent to an activating group) is 1. The number of hydrogen-bond donors (Lipinski definition) is 1. The molecule has 3 rings (SSSR count). The average Bonchev–Trinajstić information content (AvgIpc) is 3.06. The summed E-state index contributed by atoms with van der Waals surface area (Å²) in [7, 11) is 1.69. The molecule has 0 aromatic carbocycles. The number of rotatable bonds is 6. The lowest BCUT2D eigenvalue weighted by Crippen LogP contribution is -2.43. The highest BCUT2D eigenvalue weighted by molar-refractivity contribution is 7.09. The Morgan fingerprint density at radius 1 is 1.32 bits per heavy atom. The Hall–Kier alpha value is -2.32. The maximum Gasteiger partial charge on any atom is 0.245 e. The van der Waals surface area contributed by atoms with Crippen molar-refractivity contribution in [3.05, 3.63) is 40.0 Å². The van der Waals surface area contributed by atoms with Gasteiger partial charge in [-0.05, 0) is 57.5 Å². The predicted octanol–water partition coefficient (Wildman–Crippen LogP) is 2.46. The van der Waals surface area contributed by atoms with Crippen LogP contribution in [0.2, 0.25) is 0 Å². The number of carbonyl (C=O) groups is 2. The quantitative estimate of drug-likeness (QED) is 0.804. The third-order valence-corrected chi connectivity index (χ3v) is 5.75. The molecule has 2 amide bonds. The topological polar surface area (TPSA) is 78.4 Å². The second-order valence-corrected chi connectivity index (χ2v) is 8.43. The number of pyridine rings is 1. The van der Waals surface area contributed by atoms with E-state index in [1.54, 1.807) is 30.6 Å². The van der Waals surface area contributed by atoms with E-state index in [-0.39, 0.29) is 24.3 Å². The molecule has 2 aromatic rings. The van der Waals surface area contributed by atoms with Crippen LogP contribution in [-0.4, -0.2) is 58.3 Å². The molecule has 0 radical (unpaired) electrons. The van der Waals surface area contributed by atoms with E-state index in [4.69, 9.17) is 0 Å². The first-order valence-corrected chi connectivity index (χ1v) is 10.4. The number of anilines is 1. The fourth-order valence-electron chi connectivity index (χ4n) is 3.44. The van der Waals surface area contributed by atoms with E-state index in [0.717, 1.165) is 48.7 Å². The van der Waals surface area contributed by atoms with Crippen LogP contribution >= 0.6 is 11.3 Å². The molecule has 1 saturated heterocycles. The van der Waals surface area contributed by atoms with Crippen molar-refractivity contribution in [1.82, 2.24) is 19.8 Å². The summed E-state index contributed by atoms with van der Waals surface area (Å²) >= 11 is 1.67. The second-order valence-electron chi connectivity index (χ2n) is 7.37. The van der Waals surface area contributed by atoms with Gasteiger partial charge in [0.25, 0.3) is 0 Å². The van der Waals surface area contributed by atoms with Crippen molar-refractivity contribution in [3.8, 4) is 0 Å². The van der Waals surface area contributed by atoms with Crippen molar-refractivity contribution in [2.75, 3.05) is 32.0 Å². The Morgan fingerprint density at radius 3 is 2.71 bits per heavy atom. The van der Waals surface area contributed by atoms with Gasteiger partial charge in [-0.3, -0.25) is 14.5 Å². The number of carbonyl (C=O) groups excluding carboxylic acids is 2. The summed E-state index contributed by atoms with van der Waals surface area (Å²) in [6.45, 7) is 6.58. The van der Waals surface area contributed by atoms with Crippen LogP contribution in [-0.2, 0) is 16.1 Å². The van der Waals surface area contributed by atoms with Crippen LogP contribution < -0.4 is 5.32 Å². The lowest BCUT2D eigenvalue weighted by molar-refractivity contribution is -0.138. The molecule has 1 aliphatic rings. The van der Waals surface area contributed by atoms with Gasteiger partial charge in [0.1, 0.15) is 5.82 Å². The highest BCUT2D eigenvalue weighted by Crippen LogP contribution is 2.21. The van der Waals surface area contributed by atoms with Crippen molar-refractivity contribution >= 4 is 29.0 Å². The first-order valence-electron chi connectivity index (χ1n) is 9.51. The summed E-state index contributed by atoms with van der Waals surface area (Å²) in [5.74, 6) is 0.293. The molecule has 8 heteroatoms. The first kappa shape index (κ1) is 20.4. The molecule has 0 spiro atoms. The maximum absolute atomic E-state index is 12.7. The summed E-state index contributed by atoms with van der Waals surface area (Å²) in [5.41, 5.74) is 2.13. The molecule has 7 nitrogen and oxygen atoms in total. The molecular formula is C20H27N5O2S. The van der Waals surface area contributed by atoms with Gasteiger partial charge in [0.15, 0.2) is 0 Å². The second kappa shape index (κ2) is 9.25. The summed E-state index contributed by atoms with van der Waals surface area (Å²) in [6.07, 6.45) is 3.28. The van der Waals surface area contributed by atoms with Crippen LogP contribution in [0.4, 0.5) is 5.82 Å². The summed E-state index contributed by atoms with van der Waals surface area (Å²) in [4.78, 5) is 37.4. The molecule has 1 N–H and O–H groups in total. The molecule has 3 heterocycles. The maximum atomic E-state index is 12.7. The third-order valence-electron chi connectivity index (χ3n) is 4.93. The van der Waals surface area contributed by atoms with E-state index >= 15 is 0 Å². The molecule has 2 aromatic heterocycles. The third kappa shape index (κ3) is 5.59. The van der Waals surface area contributed by atoms with E-state index < -0.39 is 0 Å². The molecule has 150 valence electrons. The number of thiazole rings is 1. The van der Waals surface area contributed by atoms with E-state index in [0.29, 0.717) is 5.82 Å². The number of likely N-dealkylation sites (tertiary alicyclic amines) is 1. The van der Waals surface area contributed by atoms with E-state index in [1.165, 1.54) is 4.90 Å². The lowest BCUT2D eigenvalue weighted by atomic mass is 9.95. The summed E-state index contributed by atoms with van der Waals surface area (Å²) in [5, 5.41) is 5.93. The van der Waals surface area contributed by atoms with Gasteiger partial charge in [-0.1, -0.05) is 0 Å². The number of amides is 2. The highest BCUT2D eigenvalue weighted by atomic mass is 32.1. The predicted molar refractivity (Wildman–Crippen MR) is 110 cm³/mol. The smallest absolute Gasteiger partial charge is 0.245 e. The first-order chi connectivity index (χ1) is 13.4. The summed E-state index contributed by atoms with van der Waals surface area (Å²) in [6, 6.07) is 3.67. The van der Waals surface area contributed by atoms with Crippen molar-refractivity contribution in [2.45, 2.75) is 33.2 Å². The number of nitrogens with one attached hydrogen (secondary N) is 1. The fraction of sp³-hybridized carbons (Fsp3) is 0.500. The fourth-order valence-corrected chi connectivity index (χ4v) is 4.04. The largest absolute Gasteiger partial charge is 0.336 e. The zero-order valence-corrected chi connectivity index (χ0v) is 17.5. The average molecular weight is 402 g/mol. The molecule has 0 unspecified atom stereocenters. The monoisotopic (exact) mass is 401 g/mol. The van der Waals surface area contributed by atoms with Crippen molar-refractivity contribution in [1.29, 1.82) is 0 Å². The zero-order valence-electron chi connectivity index (χ0n) is 16.6. The molecule has 0 bridgehead atoms. The van der Waals surface area contributed by atoms with Gasteiger partial charge in [0.2, 0.25) is 11.8 Å². The standard InChI is InChI=1S/C20H27N5O2S/c1-14-4-7-21-18(10-14)23-19(26)12-24(3)20(27)16-5-8-25(9-6-16)11-17-13-28-15(2)22-17/h4,7,10,13,16H,5-6,8-9,11-12H2,1-3H3,(H,21,23,26). The summed E-state index contributed by atoms with van der Waals surface area (Å²) < 4.78 is 0. The van der Waals surface area contributed by atoms with Crippen LogP contribution in [0.1, 0.15) is 29.1 Å². The normalized spacial score (nSPS) is 15.4. The minimum absolute atomic E-state index is 0.0247. The minimum Gasteiger partial charge on any atom is -0.336 e. The Labute approximate surface area is 169 Å². The minimum atomic E-state index is -0.231. The Morgan fingerprint density at radius 2 is 2.07 bits per heavy atom. The molecule has 0 atom stereocenters. The Kier molecular flexibility index (Phi) is 6.74. The SMILES string of the molecule is Cc1ccnc(NC(=O)CN(C)C(=O)C2CCN(Cc3csc(C)n3)CC2)c1. The van der Waals surface area contributed by atoms with Crippen molar-refractivity contribution < 1.29 is 9.59 Å². The van der Waals surface area contributed by atoms with Gasteiger partial charge in [0, 0.05) is 31.1 Å². The Balaban J connectivity index is 1.44. The molecule has 0 saturated carbocycles. The molecule has 1 fully saturated rings. The molecule has 1 aliphatic heterocycles. The molecule has 0 aliphatic carbocycles. The highest BCUT2D eigenvalue weighted by Gasteiger charge is 2.28. The van der Waals surface area contributed by atoms with Gasteiger partial charge < -0.3 is 10.2 Å². The van der Waals surface area contributed by atoms with Gasteiger partial charge in [-0.15, -0.1) is 11.3 Å². The van der Waals surface area contributed by atoms with Gasteiger partial charge in [-0.2, -0.15) is 0 Å². The zero-order chi connectivity index (χ0) is 20.1. The van der Waals surface area contributed by atoms with Crippen molar-refractivity contribution in [3.63, 3.8) is 0 Å². The number of aryl methyl sites for hydroxylation is 2. The number of nitrogens with zero attached hydrogens (tertiary/aromatic N) is 4. The van der Waals surface area contributed by atoms with Crippen molar-refractivity contribution in [2.24, 2.45) is 5.92 Å². The molecule has 28 heavy (non-hydrogen) atoms. The van der Waals surface area contributed by atoms with Crippen LogP contribution in [0.25, 0.3) is 0 Å². The number of hydrogen-bond acceptors (Lipinski definition) is 6. The van der Waals surface area contributed by atoms with Crippen LogP contribution in [0.15, 0.2) is 23.7 Å². The van der Waals surface area contributed by atoms with E-state index in [2.05, 4.69) is 25.6 Å². The lowest BCUT2D eigenvalue weighted by Gasteiger charge is -2.32. The number of aromatic nitrogens is 2. The van der Waals surface area contributed by atoms with Crippen LogP contribution in [0.3, 0.4) is 0 Å². The van der Waals surface area contributed by atoms with Gasteiger partial charge in [-0.25, -0.2) is 9.97 Å². The van der Waals surface area contributed by atoms with Crippen LogP contribution in [0, 0.1) is 19.8 Å².